The summed E-state index contributed by atoms with van der Waals surface area (Å²) in [5.41, 5.74) is 5.49. The van der Waals surface area contributed by atoms with Crippen molar-refractivity contribution in [2.24, 2.45) is 4.99 Å². The molecule has 0 bridgehead atoms. The highest BCUT2D eigenvalue weighted by atomic mass is 79.9. The van der Waals surface area contributed by atoms with Crippen LogP contribution in [0, 0.1) is 13.8 Å². The first-order chi connectivity index (χ1) is 10.6. The Morgan fingerprint density at radius 3 is 2.59 bits per heavy atom. The zero-order valence-corrected chi connectivity index (χ0v) is 14.1. The molecule has 0 amide bonds. The molecule has 0 saturated heterocycles. The number of rotatable bonds is 3. The van der Waals surface area contributed by atoms with E-state index < -0.39 is 0 Å². The standard InChI is InChI=1S/C18H16BrN3/c1-13-10-15(11-21-17-4-3-9-20-12-17)14(2)22(13)18-7-5-16(19)6-8-18/h3-12H,1-2H3. The Bertz CT molecular complexity index is 802. The van der Waals surface area contributed by atoms with Crippen LogP contribution in [0.4, 0.5) is 5.69 Å². The fourth-order valence-electron chi connectivity index (χ4n) is 2.48. The Hall–Kier alpha value is -2.20. The van der Waals surface area contributed by atoms with Gasteiger partial charge in [0.05, 0.1) is 11.9 Å². The van der Waals surface area contributed by atoms with Gasteiger partial charge in [-0.25, -0.2) is 0 Å². The van der Waals surface area contributed by atoms with Gasteiger partial charge < -0.3 is 4.57 Å². The minimum absolute atomic E-state index is 0.857. The van der Waals surface area contributed by atoms with Crippen LogP contribution < -0.4 is 0 Å². The molecular formula is C18H16BrN3. The summed E-state index contributed by atoms with van der Waals surface area (Å²) in [5, 5.41) is 0. The summed E-state index contributed by atoms with van der Waals surface area (Å²) < 4.78 is 3.31. The zero-order valence-electron chi connectivity index (χ0n) is 12.5. The maximum Gasteiger partial charge on any atom is 0.0813 e. The Kier molecular flexibility index (Phi) is 4.20. The Morgan fingerprint density at radius 2 is 1.91 bits per heavy atom. The molecule has 0 N–H and O–H groups in total. The molecule has 0 unspecified atom stereocenters. The summed E-state index contributed by atoms with van der Waals surface area (Å²) in [6.07, 6.45) is 5.40. The zero-order chi connectivity index (χ0) is 15.5. The van der Waals surface area contributed by atoms with Gasteiger partial charge in [-0.3, -0.25) is 9.98 Å². The third-order valence-electron chi connectivity index (χ3n) is 3.55. The van der Waals surface area contributed by atoms with Crippen molar-refractivity contribution in [1.29, 1.82) is 0 Å². The van der Waals surface area contributed by atoms with Crippen molar-refractivity contribution in [3.63, 3.8) is 0 Å². The molecule has 0 aliphatic heterocycles. The van der Waals surface area contributed by atoms with E-state index in [1.807, 2.05) is 18.3 Å². The van der Waals surface area contributed by atoms with Gasteiger partial charge >= 0.3 is 0 Å². The second-order valence-electron chi connectivity index (χ2n) is 5.11. The molecule has 22 heavy (non-hydrogen) atoms. The average Bonchev–Trinajstić information content (AvgIpc) is 2.82. The number of nitrogens with zero attached hydrogens (tertiary/aromatic N) is 3. The van der Waals surface area contributed by atoms with Gasteiger partial charge in [-0.05, 0) is 56.3 Å². The summed E-state index contributed by atoms with van der Waals surface area (Å²) >= 11 is 3.47. The lowest BCUT2D eigenvalue weighted by atomic mass is 10.2. The van der Waals surface area contributed by atoms with Crippen LogP contribution in [0.5, 0.6) is 0 Å². The van der Waals surface area contributed by atoms with E-state index >= 15 is 0 Å². The fourth-order valence-corrected chi connectivity index (χ4v) is 2.74. The first-order valence-electron chi connectivity index (χ1n) is 7.04. The summed E-state index contributed by atoms with van der Waals surface area (Å²) in [6, 6.07) is 14.3. The number of benzene rings is 1. The molecule has 2 heterocycles. The lowest BCUT2D eigenvalue weighted by Crippen LogP contribution is -1.99. The highest BCUT2D eigenvalue weighted by Gasteiger charge is 2.09. The van der Waals surface area contributed by atoms with Gasteiger partial charge in [0.1, 0.15) is 0 Å². The third kappa shape index (κ3) is 3.02. The molecule has 3 nitrogen and oxygen atoms in total. The molecule has 3 rings (SSSR count). The first kappa shape index (κ1) is 14.7. The molecule has 3 aromatic rings. The molecular weight excluding hydrogens is 338 g/mol. The van der Waals surface area contributed by atoms with Crippen molar-refractivity contribution in [2.45, 2.75) is 13.8 Å². The summed E-state index contributed by atoms with van der Waals surface area (Å²) in [7, 11) is 0. The molecule has 110 valence electrons. The Balaban J connectivity index is 1.97. The largest absolute Gasteiger partial charge is 0.318 e. The summed E-state index contributed by atoms with van der Waals surface area (Å²) in [5.74, 6) is 0. The smallest absolute Gasteiger partial charge is 0.0813 e. The second-order valence-corrected chi connectivity index (χ2v) is 6.02. The average molecular weight is 354 g/mol. The van der Waals surface area contributed by atoms with Crippen LogP contribution in [0.2, 0.25) is 0 Å². The van der Waals surface area contributed by atoms with E-state index in [-0.39, 0.29) is 0 Å². The SMILES string of the molecule is Cc1cc(C=Nc2cccnc2)c(C)n1-c1ccc(Br)cc1. The number of aliphatic imine (C=N–C) groups is 1. The quantitative estimate of drug-likeness (QED) is 0.609. The highest BCUT2D eigenvalue weighted by molar-refractivity contribution is 9.10. The molecule has 0 aliphatic rings. The van der Waals surface area contributed by atoms with Gasteiger partial charge in [-0.1, -0.05) is 15.9 Å². The minimum atomic E-state index is 0.857. The molecule has 0 aliphatic carbocycles. The van der Waals surface area contributed by atoms with Gasteiger partial charge in [0, 0.05) is 39.5 Å². The van der Waals surface area contributed by atoms with Crippen LogP contribution in [0.15, 0.2) is 64.3 Å². The highest BCUT2D eigenvalue weighted by Crippen LogP contribution is 2.22. The number of halogens is 1. The number of aryl methyl sites for hydroxylation is 1. The second kappa shape index (κ2) is 6.28. The van der Waals surface area contributed by atoms with E-state index in [4.69, 9.17) is 0 Å². The van der Waals surface area contributed by atoms with E-state index in [0.29, 0.717) is 0 Å². The van der Waals surface area contributed by atoms with Crippen molar-refractivity contribution in [2.75, 3.05) is 0 Å². The molecule has 0 atom stereocenters. The monoisotopic (exact) mass is 353 g/mol. The maximum absolute atomic E-state index is 4.49. The van der Waals surface area contributed by atoms with E-state index in [1.54, 1.807) is 12.4 Å². The predicted molar refractivity (Wildman–Crippen MR) is 94.4 cm³/mol. The van der Waals surface area contributed by atoms with Crippen LogP contribution in [-0.4, -0.2) is 15.8 Å². The number of hydrogen-bond donors (Lipinski definition) is 0. The number of hydrogen-bond acceptors (Lipinski definition) is 2. The van der Waals surface area contributed by atoms with Gasteiger partial charge in [-0.15, -0.1) is 0 Å². The maximum atomic E-state index is 4.49. The van der Waals surface area contributed by atoms with Gasteiger partial charge in [0.15, 0.2) is 0 Å². The molecule has 2 aromatic heterocycles. The van der Waals surface area contributed by atoms with E-state index in [1.165, 1.54) is 11.4 Å². The van der Waals surface area contributed by atoms with E-state index in [0.717, 1.165) is 21.4 Å². The van der Waals surface area contributed by atoms with Crippen molar-refractivity contribution in [3.05, 3.63) is 76.3 Å². The molecule has 4 heteroatoms. The number of pyridine rings is 1. The van der Waals surface area contributed by atoms with Gasteiger partial charge in [0.2, 0.25) is 0 Å². The van der Waals surface area contributed by atoms with Crippen molar-refractivity contribution >= 4 is 27.8 Å². The summed E-state index contributed by atoms with van der Waals surface area (Å²) in [6.45, 7) is 4.22. The fraction of sp³-hybridized carbons (Fsp3) is 0.111. The molecule has 0 radical (unpaired) electrons. The molecule has 0 spiro atoms. The number of aromatic nitrogens is 2. The van der Waals surface area contributed by atoms with Crippen LogP contribution in [0.1, 0.15) is 17.0 Å². The predicted octanol–water partition coefficient (Wildman–Crippen LogP) is 5.00. The van der Waals surface area contributed by atoms with E-state index in [9.17, 15) is 0 Å². The lowest BCUT2D eigenvalue weighted by Gasteiger charge is -2.09. The van der Waals surface area contributed by atoms with Gasteiger partial charge in [0.25, 0.3) is 0 Å². The lowest BCUT2D eigenvalue weighted by molar-refractivity contribution is 0.964. The van der Waals surface area contributed by atoms with E-state index in [2.05, 4.69) is 74.7 Å². The topological polar surface area (TPSA) is 30.2 Å². The van der Waals surface area contributed by atoms with Crippen molar-refractivity contribution < 1.29 is 0 Å². The Labute approximate surface area is 138 Å². The molecule has 1 aromatic carbocycles. The van der Waals surface area contributed by atoms with Crippen LogP contribution in [0.25, 0.3) is 5.69 Å². The Morgan fingerprint density at radius 1 is 1.14 bits per heavy atom. The van der Waals surface area contributed by atoms with Crippen molar-refractivity contribution in [3.8, 4) is 5.69 Å². The summed E-state index contributed by atoms with van der Waals surface area (Å²) in [4.78, 5) is 8.57. The third-order valence-corrected chi connectivity index (χ3v) is 4.08. The van der Waals surface area contributed by atoms with Crippen molar-refractivity contribution in [1.82, 2.24) is 9.55 Å². The van der Waals surface area contributed by atoms with Gasteiger partial charge in [-0.2, -0.15) is 0 Å². The van der Waals surface area contributed by atoms with Crippen LogP contribution >= 0.6 is 15.9 Å². The normalized spacial score (nSPS) is 11.2. The van der Waals surface area contributed by atoms with Crippen LogP contribution in [-0.2, 0) is 0 Å². The first-order valence-corrected chi connectivity index (χ1v) is 7.83. The molecule has 0 fully saturated rings. The minimum Gasteiger partial charge on any atom is -0.318 e. The van der Waals surface area contributed by atoms with Crippen LogP contribution in [0.3, 0.4) is 0 Å². The molecule has 0 saturated carbocycles.